The second kappa shape index (κ2) is 3.45. The van der Waals surface area contributed by atoms with Crippen molar-refractivity contribution in [1.82, 2.24) is 4.98 Å². The monoisotopic (exact) mass is 223 g/mol. The van der Waals surface area contributed by atoms with E-state index in [1.165, 1.54) is 21.9 Å². The summed E-state index contributed by atoms with van der Waals surface area (Å²) in [6.07, 6.45) is 0. The van der Waals surface area contributed by atoms with E-state index in [1.54, 1.807) is 6.07 Å². The Labute approximate surface area is 98.9 Å². The molecule has 0 aliphatic carbocycles. The average Bonchev–Trinajstić information content (AvgIpc) is 2.28. The maximum atomic E-state index is 11.3. The van der Waals surface area contributed by atoms with Crippen LogP contribution in [0.5, 0.6) is 0 Å². The van der Waals surface area contributed by atoms with Crippen molar-refractivity contribution in [2.24, 2.45) is 0 Å². The molecular formula is C15H13NO. The SMILES string of the molecule is Cc1cc2cc3ccc(=O)[nH]c3cc2cc1C. The van der Waals surface area contributed by atoms with Crippen molar-refractivity contribution < 1.29 is 0 Å². The Morgan fingerprint density at radius 2 is 1.47 bits per heavy atom. The van der Waals surface area contributed by atoms with Crippen LogP contribution in [0.1, 0.15) is 11.1 Å². The van der Waals surface area contributed by atoms with Gasteiger partial charge in [-0.2, -0.15) is 0 Å². The van der Waals surface area contributed by atoms with Crippen molar-refractivity contribution in [2.45, 2.75) is 13.8 Å². The number of aromatic amines is 1. The molecule has 1 N–H and O–H groups in total. The highest BCUT2D eigenvalue weighted by Gasteiger charge is 2.01. The third-order valence-corrected chi connectivity index (χ3v) is 3.29. The molecule has 2 nitrogen and oxygen atoms in total. The van der Waals surface area contributed by atoms with Gasteiger partial charge in [0.1, 0.15) is 0 Å². The highest BCUT2D eigenvalue weighted by molar-refractivity contribution is 5.96. The van der Waals surface area contributed by atoms with Gasteiger partial charge in [-0.15, -0.1) is 0 Å². The standard InChI is InChI=1S/C15H13NO/c1-9-5-12-7-11-3-4-15(17)16-14(11)8-13(12)6-10(9)2/h3-8H,1-2H3,(H,16,17). The van der Waals surface area contributed by atoms with E-state index in [1.807, 2.05) is 12.1 Å². The van der Waals surface area contributed by atoms with E-state index in [9.17, 15) is 4.79 Å². The molecule has 1 heterocycles. The number of H-pyrrole nitrogens is 1. The Morgan fingerprint density at radius 1 is 0.824 bits per heavy atom. The zero-order chi connectivity index (χ0) is 12.0. The lowest BCUT2D eigenvalue weighted by molar-refractivity contribution is 1.31. The molecule has 0 aliphatic heterocycles. The van der Waals surface area contributed by atoms with Crippen LogP contribution in [0.15, 0.2) is 41.2 Å². The van der Waals surface area contributed by atoms with Crippen LogP contribution in [0.4, 0.5) is 0 Å². The fourth-order valence-corrected chi connectivity index (χ4v) is 2.18. The van der Waals surface area contributed by atoms with Gasteiger partial charge in [0.15, 0.2) is 0 Å². The number of benzene rings is 2. The number of hydrogen-bond donors (Lipinski definition) is 1. The van der Waals surface area contributed by atoms with Crippen molar-refractivity contribution >= 4 is 21.7 Å². The maximum absolute atomic E-state index is 11.3. The lowest BCUT2D eigenvalue weighted by Crippen LogP contribution is -2.02. The zero-order valence-electron chi connectivity index (χ0n) is 9.87. The van der Waals surface area contributed by atoms with Crippen LogP contribution in [0.3, 0.4) is 0 Å². The Balaban J connectivity index is 2.47. The van der Waals surface area contributed by atoms with Crippen LogP contribution in [-0.4, -0.2) is 4.98 Å². The largest absolute Gasteiger partial charge is 0.322 e. The van der Waals surface area contributed by atoms with Gasteiger partial charge in [0.05, 0.1) is 0 Å². The van der Waals surface area contributed by atoms with E-state index < -0.39 is 0 Å². The van der Waals surface area contributed by atoms with E-state index in [-0.39, 0.29) is 5.56 Å². The predicted molar refractivity (Wildman–Crippen MR) is 71.5 cm³/mol. The summed E-state index contributed by atoms with van der Waals surface area (Å²) in [6.45, 7) is 4.22. The summed E-state index contributed by atoms with van der Waals surface area (Å²) in [5.41, 5.74) is 3.41. The Hall–Kier alpha value is -2.09. The fraction of sp³-hybridized carbons (Fsp3) is 0.133. The number of aromatic nitrogens is 1. The van der Waals surface area contributed by atoms with Gasteiger partial charge in [0.2, 0.25) is 5.56 Å². The van der Waals surface area contributed by atoms with E-state index in [4.69, 9.17) is 0 Å². The number of nitrogens with one attached hydrogen (secondary N) is 1. The molecule has 0 radical (unpaired) electrons. The molecule has 2 heteroatoms. The smallest absolute Gasteiger partial charge is 0.248 e. The Bertz CT molecular complexity index is 784. The summed E-state index contributed by atoms with van der Waals surface area (Å²) < 4.78 is 0. The molecule has 1 aromatic heterocycles. The number of hydrogen-bond acceptors (Lipinski definition) is 1. The van der Waals surface area contributed by atoms with Gasteiger partial charge in [-0.25, -0.2) is 0 Å². The molecule has 0 atom stereocenters. The molecule has 0 saturated carbocycles. The first kappa shape index (κ1) is 10.1. The molecule has 0 bridgehead atoms. The van der Waals surface area contributed by atoms with Gasteiger partial charge in [0, 0.05) is 11.6 Å². The zero-order valence-corrected chi connectivity index (χ0v) is 9.87. The molecule has 0 saturated heterocycles. The molecule has 2 aromatic carbocycles. The minimum Gasteiger partial charge on any atom is -0.322 e. The number of fused-ring (bicyclic) bond motifs is 2. The van der Waals surface area contributed by atoms with Gasteiger partial charge < -0.3 is 4.98 Å². The Kier molecular flexibility index (Phi) is 2.05. The number of rotatable bonds is 0. The van der Waals surface area contributed by atoms with Crippen LogP contribution >= 0.6 is 0 Å². The maximum Gasteiger partial charge on any atom is 0.248 e. The summed E-state index contributed by atoms with van der Waals surface area (Å²) in [4.78, 5) is 14.1. The Morgan fingerprint density at radius 3 is 2.18 bits per heavy atom. The predicted octanol–water partition coefficient (Wildman–Crippen LogP) is 3.30. The molecule has 3 aromatic rings. The summed E-state index contributed by atoms with van der Waals surface area (Å²) in [5.74, 6) is 0. The molecular weight excluding hydrogens is 210 g/mol. The fourth-order valence-electron chi connectivity index (χ4n) is 2.18. The van der Waals surface area contributed by atoms with E-state index in [2.05, 4.69) is 37.0 Å². The van der Waals surface area contributed by atoms with Crippen molar-refractivity contribution in [3.8, 4) is 0 Å². The molecule has 17 heavy (non-hydrogen) atoms. The molecule has 3 rings (SSSR count). The number of pyridine rings is 1. The van der Waals surface area contributed by atoms with Crippen LogP contribution in [0, 0.1) is 13.8 Å². The van der Waals surface area contributed by atoms with Crippen LogP contribution in [0.2, 0.25) is 0 Å². The van der Waals surface area contributed by atoms with Gasteiger partial charge in [-0.1, -0.05) is 12.1 Å². The van der Waals surface area contributed by atoms with Crippen molar-refractivity contribution in [3.05, 3.63) is 57.9 Å². The topological polar surface area (TPSA) is 32.9 Å². The van der Waals surface area contributed by atoms with Gasteiger partial charge >= 0.3 is 0 Å². The minimum atomic E-state index is -0.0549. The second-order valence-electron chi connectivity index (χ2n) is 4.55. The molecule has 0 aliphatic rings. The van der Waals surface area contributed by atoms with Gasteiger partial charge in [0.25, 0.3) is 0 Å². The lowest BCUT2D eigenvalue weighted by atomic mass is 10.0. The van der Waals surface area contributed by atoms with Gasteiger partial charge in [-0.05, 0) is 59.3 Å². The third kappa shape index (κ3) is 1.62. The van der Waals surface area contributed by atoms with E-state index >= 15 is 0 Å². The van der Waals surface area contributed by atoms with E-state index in [0.29, 0.717) is 0 Å². The summed E-state index contributed by atoms with van der Waals surface area (Å²) in [5, 5.41) is 3.45. The summed E-state index contributed by atoms with van der Waals surface area (Å²) in [6, 6.07) is 11.9. The molecule has 0 unspecified atom stereocenters. The lowest BCUT2D eigenvalue weighted by Gasteiger charge is -2.05. The molecule has 0 spiro atoms. The molecule has 84 valence electrons. The van der Waals surface area contributed by atoms with Crippen molar-refractivity contribution in [2.75, 3.05) is 0 Å². The van der Waals surface area contributed by atoms with Crippen molar-refractivity contribution in [3.63, 3.8) is 0 Å². The van der Waals surface area contributed by atoms with Crippen LogP contribution in [0.25, 0.3) is 21.7 Å². The van der Waals surface area contributed by atoms with Crippen LogP contribution in [-0.2, 0) is 0 Å². The second-order valence-corrected chi connectivity index (χ2v) is 4.55. The summed E-state index contributed by atoms with van der Waals surface area (Å²) in [7, 11) is 0. The summed E-state index contributed by atoms with van der Waals surface area (Å²) >= 11 is 0. The highest BCUT2D eigenvalue weighted by atomic mass is 16.1. The van der Waals surface area contributed by atoms with Gasteiger partial charge in [-0.3, -0.25) is 4.79 Å². The first-order valence-electron chi connectivity index (χ1n) is 5.67. The van der Waals surface area contributed by atoms with Crippen LogP contribution < -0.4 is 5.56 Å². The molecule has 0 amide bonds. The quantitative estimate of drug-likeness (QED) is 0.583. The third-order valence-electron chi connectivity index (χ3n) is 3.29. The normalized spacial score (nSPS) is 11.2. The minimum absolute atomic E-state index is 0.0549. The average molecular weight is 223 g/mol. The highest BCUT2D eigenvalue weighted by Crippen LogP contribution is 2.23. The van der Waals surface area contributed by atoms with E-state index in [0.717, 1.165) is 10.9 Å². The number of aryl methyl sites for hydroxylation is 2. The molecule has 0 fully saturated rings. The first-order chi connectivity index (χ1) is 8.13. The van der Waals surface area contributed by atoms with Crippen molar-refractivity contribution in [1.29, 1.82) is 0 Å². The first-order valence-corrected chi connectivity index (χ1v) is 5.67.